The highest BCUT2D eigenvalue weighted by atomic mass is 32.3. The van der Waals surface area contributed by atoms with Gasteiger partial charge < -0.3 is 5.73 Å². The van der Waals surface area contributed by atoms with Crippen LogP contribution in [0.15, 0.2) is 30.3 Å². The zero-order chi connectivity index (χ0) is 15.6. The molecular weight excluding hydrogens is 318 g/mol. The Bertz CT molecular complexity index is 827. The molecule has 0 heterocycles. The van der Waals surface area contributed by atoms with Crippen LogP contribution in [0.4, 0.5) is 5.69 Å². The smallest absolute Gasteiger partial charge is 0.397 e. The second kappa shape index (κ2) is 5.98. The highest BCUT2D eigenvalue weighted by Gasteiger charge is 2.35. The van der Waals surface area contributed by atoms with Gasteiger partial charge in [-0.25, -0.2) is 12.6 Å². The average Bonchev–Trinajstić information content (AvgIpc) is 3.09. The molecule has 2 aromatic carbocycles. The maximum Gasteiger partial charge on any atom is 0.397 e. The Balaban J connectivity index is 0.000000497. The summed E-state index contributed by atoms with van der Waals surface area (Å²) < 4.78 is 50.9. The Labute approximate surface area is 124 Å². The monoisotopic (exact) mass is 331 g/mol. The van der Waals surface area contributed by atoms with Gasteiger partial charge in [-0.3, -0.25) is 4.55 Å². The number of anilines is 1. The van der Waals surface area contributed by atoms with Gasteiger partial charge in [-0.05, 0) is 34.0 Å². The highest BCUT2D eigenvalue weighted by Crippen LogP contribution is 2.48. The van der Waals surface area contributed by atoms with E-state index >= 15 is 0 Å². The van der Waals surface area contributed by atoms with Crippen molar-refractivity contribution in [3.05, 3.63) is 41.5 Å². The Morgan fingerprint density at radius 2 is 1.90 bits per heavy atom. The molecule has 3 N–H and O–H groups in total. The van der Waals surface area contributed by atoms with Crippen LogP contribution in [0.2, 0.25) is 0 Å². The fourth-order valence-electron chi connectivity index (χ4n) is 2.31. The summed E-state index contributed by atoms with van der Waals surface area (Å²) in [5.41, 5.74) is 8.51. The lowest BCUT2D eigenvalue weighted by atomic mass is 10.1. The standard InChI is InChI=1S/C12H11NO4S.H2O2S/c13-8-2-4-9-7(5-8)1-3-10-11(12(9)10)6-17-18(14,15)16;1-3-2/h1-5,11H,6,13H2,(H,14,15,16);3H2. The molecule has 7 nitrogen and oxygen atoms in total. The summed E-state index contributed by atoms with van der Waals surface area (Å²) in [7, 11) is -4.38. The Kier molecular flexibility index (Phi) is 4.47. The van der Waals surface area contributed by atoms with Crippen LogP contribution >= 0.6 is 0 Å². The molecule has 2 aromatic rings. The van der Waals surface area contributed by atoms with E-state index in [2.05, 4.69) is 4.18 Å². The molecule has 1 atom stereocenters. The summed E-state index contributed by atoms with van der Waals surface area (Å²) in [4.78, 5) is 0. The number of hydrogen-bond donors (Lipinski definition) is 2. The maximum atomic E-state index is 10.5. The molecule has 1 unspecified atom stereocenters. The third-order valence-electron chi connectivity index (χ3n) is 3.14. The Morgan fingerprint density at radius 1 is 1.24 bits per heavy atom. The van der Waals surface area contributed by atoms with Crippen molar-refractivity contribution in [2.75, 3.05) is 12.3 Å². The summed E-state index contributed by atoms with van der Waals surface area (Å²) in [6.07, 6.45) is 0. The molecule has 0 aromatic heterocycles. The lowest BCUT2D eigenvalue weighted by molar-refractivity contribution is 0.269. The molecule has 3 rings (SSSR count). The molecule has 0 amide bonds. The van der Waals surface area contributed by atoms with Gasteiger partial charge in [0.25, 0.3) is 0 Å². The molecule has 114 valence electrons. The molecule has 9 heteroatoms. The minimum Gasteiger partial charge on any atom is -0.399 e. The first-order valence-electron chi connectivity index (χ1n) is 5.80. The van der Waals surface area contributed by atoms with E-state index in [1.54, 1.807) is 0 Å². The molecule has 1 aliphatic carbocycles. The first kappa shape index (κ1) is 15.7. The van der Waals surface area contributed by atoms with Crippen LogP contribution in [0.5, 0.6) is 0 Å². The number of hydrogen-bond acceptors (Lipinski definition) is 6. The molecule has 0 saturated carbocycles. The fourth-order valence-corrected chi connectivity index (χ4v) is 2.62. The fraction of sp³-hybridized carbons (Fsp3) is 0.167. The SMILES string of the molecule is Nc1ccc2c3c(ccc2c1)C3COS(=O)(=O)O.O=[SH2]=O. The molecular formula is C12H13NO6S2. The van der Waals surface area contributed by atoms with Gasteiger partial charge in [-0.1, -0.05) is 18.2 Å². The summed E-state index contributed by atoms with van der Waals surface area (Å²) in [5, 5.41) is 2.06. The van der Waals surface area contributed by atoms with Gasteiger partial charge in [0.2, 0.25) is 0 Å². The summed E-state index contributed by atoms with van der Waals surface area (Å²) in [6.45, 7) is -0.0579. The third kappa shape index (κ3) is 3.70. The molecule has 0 bridgehead atoms. The summed E-state index contributed by atoms with van der Waals surface area (Å²) >= 11 is -1.42. The van der Waals surface area contributed by atoms with Crippen molar-refractivity contribution in [3.8, 4) is 0 Å². The Hall–Kier alpha value is -1.68. The van der Waals surface area contributed by atoms with Gasteiger partial charge in [0.1, 0.15) is 11.6 Å². The molecule has 0 radical (unpaired) electrons. The molecule has 21 heavy (non-hydrogen) atoms. The molecule has 0 saturated heterocycles. The van der Waals surface area contributed by atoms with Crippen LogP contribution < -0.4 is 5.73 Å². The highest BCUT2D eigenvalue weighted by molar-refractivity contribution is 7.80. The lowest BCUT2D eigenvalue weighted by Crippen LogP contribution is -2.05. The largest absolute Gasteiger partial charge is 0.399 e. The van der Waals surface area contributed by atoms with Crippen molar-refractivity contribution in [2.45, 2.75) is 5.92 Å². The number of fused-ring (bicyclic) bond motifs is 3. The molecule has 0 fully saturated rings. The van der Waals surface area contributed by atoms with Gasteiger partial charge >= 0.3 is 10.4 Å². The first-order valence-corrected chi connectivity index (χ1v) is 7.98. The van der Waals surface area contributed by atoms with E-state index < -0.39 is 22.0 Å². The van der Waals surface area contributed by atoms with Crippen molar-refractivity contribution in [1.82, 2.24) is 0 Å². The summed E-state index contributed by atoms with van der Waals surface area (Å²) in [6, 6.07) is 9.46. The van der Waals surface area contributed by atoms with E-state index in [9.17, 15) is 8.42 Å². The van der Waals surface area contributed by atoms with Crippen LogP contribution in [0.3, 0.4) is 0 Å². The van der Waals surface area contributed by atoms with Crippen molar-refractivity contribution >= 4 is 38.4 Å². The van der Waals surface area contributed by atoms with Crippen molar-refractivity contribution < 1.29 is 25.6 Å². The summed E-state index contributed by atoms with van der Waals surface area (Å²) in [5.74, 6) is -0.0620. The Morgan fingerprint density at radius 3 is 2.52 bits per heavy atom. The molecule has 0 spiro atoms. The van der Waals surface area contributed by atoms with Gasteiger partial charge in [0.15, 0.2) is 0 Å². The minimum atomic E-state index is -4.38. The quantitative estimate of drug-likeness (QED) is 0.619. The zero-order valence-corrected chi connectivity index (χ0v) is 12.5. The van der Waals surface area contributed by atoms with Gasteiger partial charge in [0, 0.05) is 11.6 Å². The molecule has 1 aliphatic rings. The average molecular weight is 331 g/mol. The first-order chi connectivity index (χ1) is 9.87. The lowest BCUT2D eigenvalue weighted by Gasteiger charge is -1.98. The van der Waals surface area contributed by atoms with Crippen LogP contribution in [-0.2, 0) is 26.2 Å². The van der Waals surface area contributed by atoms with Crippen LogP contribution in [0, 0.1) is 0 Å². The van der Waals surface area contributed by atoms with Crippen LogP contribution in [0.1, 0.15) is 17.0 Å². The van der Waals surface area contributed by atoms with E-state index in [-0.39, 0.29) is 12.5 Å². The maximum absolute atomic E-state index is 10.5. The number of nitrogen functional groups attached to an aromatic ring is 1. The van der Waals surface area contributed by atoms with Crippen LogP contribution in [-0.4, -0.2) is 28.0 Å². The predicted octanol–water partition coefficient (Wildman–Crippen LogP) is 0.481. The van der Waals surface area contributed by atoms with E-state index in [0.717, 1.165) is 21.9 Å². The topological polar surface area (TPSA) is 124 Å². The van der Waals surface area contributed by atoms with Crippen molar-refractivity contribution in [2.24, 2.45) is 0 Å². The van der Waals surface area contributed by atoms with E-state index in [0.29, 0.717) is 5.69 Å². The molecule has 0 aliphatic heterocycles. The zero-order valence-electron chi connectivity index (χ0n) is 10.6. The second-order valence-corrected chi connectivity index (χ2v) is 5.66. The predicted molar refractivity (Wildman–Crippen MR) is 79.4 cm³/mol. The van der Waals surface area contributed by atoms with E-state index in [4.69, 9.17) is 18.7 Å². The third-order valence-corrected chi connectivity index (χ3v) is 3.58. The van der Waals surface area contributed by atoms with Gasteiger partial charge in [0.05, 0.1) is 6.61 Å². The van der Waals surface area contributed by atoms with Crippen LogP contribution in [0.25, 0.3) is 10.8 Å². The van der Waals surface area contributed by atoms with E-state index in [1.807, 2.05) is 30.3 Å². The number of rotatable bonds is 3. The van der Waals surface area contributed by atoms with Gasteiger partial charge in [-0.15, -0.1) is 0 Å². The van der Waals surface area contributed by atoms with Gasteiger partial charge in [-0.2, -0.15) is 8.42 Å². The minimum absolute atomic E-state index is 0.0579. The van der Waals surface area contributed by atoms with Crippen molar-refractivity contribution in [1.29, 1.82) is 0 Å². The number of nitrogens with two attached hydrogens (primary N) is 1. The number of benzene rings is 2. The van der Waals surface area contributed by atoms with E-state index in [1.165, 1.54) is 0 Å². The second-order valence-electron chi connectivity index (χ2n) is 4.40. The normalized spacial score (nSPS) is 16.0. The van der Waals surface area contributed by atoms with Crippen molar-refractivity contribution in [3.63, 3.8) is 0 Å².